The molecular weight excluding hydrogens is 360 g/mol. The lowest BCUT2D eigenvalue weighted by atomic mass is 10.0. The largest absolute Gasteiger partial charge is 0.463 e. The van der Waals surface area contributed by atoms with Crippen molar-refractivity contribution in [2.24, 2.45) is 5.92 Å². The molecule has 1 N–H and O–H groups in total. The van der Waals surface area contributed by atoms with Crippen LogP contribution in [-0.4, -0.2) is 23.3 Å². The van der Waals surface area contributed by atoms with Crippen LogP contribution in [0.4, 0.5) is 0 Å². The summed E-state index contributed by atoms with van der Waals surface area (Å²) < 4.78 is 4.97. The standard InChI is InChI=1S/C16H22O.C10H18O2/c17-16(13-11-15-8-4-5-9-15)12-10-14-6-2-1-3-7-14;1-4-5-6-7-8-10(11)12-9(2)3/h1-3,6-7,11,13,15-17H,4-5,8-10,12H2;4-5,9H,6-8H2,1-3H3/b13-11+;5-4-. The van der Waals surface area contributed by atoms with E-state index in [0.717, 1.165) is 31.6 Å². The van der Waals surface area contributed by atoms with E-state index in [-0.39, 0.29) is 18.2 Å². The van der Waals surface area contributed by atoms with Crippen LogP contribution >= 0.6 is 0 Å². The van der Waals surface area contributed by atoms with Crippen LogP contribution in [0, 0.1) is 5.92 Å². The third kappa shape index (κ3) is 13.9. The zero-order chi connectivity index (χ0) is 21.3. The molecule has 0 aromatic heterocycles. The van der Waals surface area contributed by atoms with E-state index in [2.05, 4.69) is 36.4 Å². The lowest BCUT2D eigenvalue weighted by Crippen LogP contribution is -2.10. The first-order valence-corrected chi connectivity index (χ1v) is 11.2. The van der Waals surface area contributed by atoms with Gasteiger partial charge in [-0.25, -0.2) is 0 Å². The second kappa shape index (κ2) is 16.0. The maximum absolute atomic E-state index is 11.0. The van der Waals surface area contributed by atoms with Crippen molar-refractivity contribution < 1.29 is 14.6 Å². The number of carbonyl (C=O) groups excluding carboxylic acids is 1. The maximum Gasteiger partial charge on any atom is 0.306 e. The molecule has 29 heavy (non-hydrogen) atoms. The Morgan fingerprint density at radius 1 is 1.21 bits per heavy atom. The minimum absolute atomic E-state index is 0.0132. The van der Waals surface area contributed by atoms with Gasteiger partial charge in [0, 0.05) is 6.42 Å². The van der Waals surface area contributed by atoms with E-state index in [0.29, 0.717) is 6.42 Å². The minimum atomic E-state index is -0.282. The van der Waals surface area contributed by atoms with Gasteiger partial charge in [-0.2, -0.15) is 0 Å². The summed E-state index contributed by atoms with van der Waals surface area (Å²) in [5.74, 6) is 0.635. The number of unbranched alkanes of at least 4 members (excludes halogenated alkanes) is 1. The van der Waals surface area contributed by atoms with Gasteiger partial charge in [0.2, 0.25) is 0 Å². The summed E-state index contributed by atoms with van der Waals surface area (Å²) in [5, 5.41) is 9.88. The second-order valence-corrected chi connectivity index (χ2v) is 8.02. The molecule has 3 nitrogen and oxygen atoms in total. The molecule has 1 aliphatic carbocycles. The Labute approximate surface area is 177 Å². The Hall–Kier alpha value is -1.87. The summed E-state index contributed by atoms with van der Waals surface area (Å²) in [6.45, 7) is 5.71. The van der Waals surface area contributed by atoms with E-state index >= 15 is 0 Å². The first-order valence-electron chi connectivity index (χ1n) is 11.2. The SMILES string of the molecule is C/C=C\CCCC(=O)OC(C)C.OC(/C=C/C1CCCC1)CCc1ccccc1. The van der Waals surface area contributed by atoms with Crippen LogP contribution in [-0.2, 0) is 16.0 Å². The van der Waals surface area contributed by atoms with Gasteiger partial charge in [0.25, 0.3) is 0 Å². The van der Waals surface area contributed by atoms with Gasteiger partial charge in [-0.05, 0) is 70.8 Å². The number of benzene rings is 1. The molecule has 0 bridgehead atoms. The molecule has 0 radical (unpaired) electrons. The van der Waals surface area contributed by atoms with Gasteiger partial charge in [0.15, 0.2) is 0 Å². The molecule has 1 saturated carbocycles. The third-order valence-corrected chi connectivity index (χ3v) is 4.93. The summed E-state index contributed by atoms with van der Waals surface area (Å²) in [5.41, 5.74) is 1.31. The molecule has 1 atom stereocenters. The van der Waals surface area contributed by atoms with E-state index in [9.17, 15) is 9.90 Å². The molecule has 0 heterocycles. The van der Waals surface area contributed by atoms with Crippen molar-refractivity contribution in [1.29, 1.82) is 0 Å². The molecule has 3 heteroatoms. The van der Waals surface area contributed by atoms with Crippen LogP contribution < -0.4 is 0 Å². The molecule has 2 rings (SSSR count). The predicted molar refractivity (Wildman–Crippen MR) is 122 cm³/mol. The van der Waals surface area contributed by atoms with Crippen molar-refractivity contribution in [1.82, 2.24) is 0 Å². The van der Waals surface area contributed by atoms with Crippen molar-refractivity contribution in [3.8, 4) is 0 Å². The molecular formula is C26H40O3. The Bertz CT molecular complexity index is 583. The van der Waals surface area contributed by atoms with Crippen molar-refractivity contribution in [3.63, 3.8) is 0 Å². The molecule has 0 aliphatic heterocycles. The average Bonchev–Trinajstić information content (AvgIpc) is 3.22. The van der Waals surface area contributed by atoms with Gasteiger partial charge in [-0.1, -0.05) is 67.5 Å². The molecule has 1 aliphatic rings. The van der Waals surface area contributed by atoms with Crippen LogP contribution in [0.3, 0.4) is 0 Å². The summed E-state index contributed by atoms with van der Waals surface area (Å²) in [4.78, 5) is 11.0. The van der Waals surface area contributed by atoms with E-state index < -0.39 is 0 Å². The number of rotatable bonds is 10. The van der Waals surface area contributed by atoms with E-state index in [1.165, 1.54) is 31.2 Å². The average molecular weight is 401 g/mol. The molecule has 0 amide bonds. The van der Waals surface area contributed by atoms with Crippen molar-refractivity contribution in [3.05, 3.63) is 60.2 Å². The number of allylic oxidation sites excluding steroid dienone is 3. The number of hydrogen-bond donors (Lipinski definition) is 1. The van der Waals surface area contributed by atoms with Crippen LogP contribution in [0.25, 0.3) is 0 Å². The van der Waals surface area contributed by atoms with E-state index in [1.54, 1.807) is 0 Å². The molecule has 1 aromatic carbocycles. The minimum Gasteiger partial charge on any atom is -0.463 e. The van der Waals surface area contributed by atoms with E-state index in [4.69, 9.17) is 4.74 Å². The summed E-state index contributed by atoms with van der Waals surface area (Å²) >= 11 is 0. The Kier molecular flexibility index (Phi) is 13.9. The topological polar surface area (TPSA) is 46.5 Å². The highest BCUT2D eigenvalue weighted by Crippen LogP contribution is 2.25. The summed E-state index contributed by atoms with van der Waals surface area (Å²) in [7, 11) is 0. The van der Waals surface area contributed by atoms with Gasteiger partial charge in [0.1, 0.15) is 0 Å². The number of hydrogen-bond acceptors (Lipinski definition) is 3. The van der Waals surface area contributed by atoms with Crippen LogP contribution in [0.1, 0.15) is 77.7 Å². The van der Waals surface area contributed by atoms with Crippen molar-refractivity contribution in [2.75, 3.05) is 0 Å². The summed E-state index contributed by atoms with van der Waals surface area (Å²) in [6, 6.07) is 10.4. The predicted octanol–water partition coefficient (Wildman–Crippen LogP) is 6.41. The fourth-order valence-electron chi connectivity index (χ4n) is 3.34. The second-order valence-electron chi connectivity index (χ2n) is 8.02. The highest BCUT2D eigenvalue weighted by atomic mass is 16.5. The Morgan fingerprint density at radius 3 is 2.52 bits per heavy atom. The number of esters is 1. The van der Waals surface area contributed by atoms with Crippen molar-refractivity contribution in [2.45, 2.75) is 90.8 Å². The number of aliphatic hydroxyl groups excluding tert-OH is 1. The maximum atomic E-state index is 11.0. The first kappa shape index (κ1) is 25.2. The highest BCUT2D eigenvalue weighted by molar-refractivity contribution is 5.69. The fraction of sp³-hybridized carbons (Fsp3) is 0.577. The van der Waals surface area contributed by atoms with Gasteiger partial charge in [-0.15, -0.1) is 0 Å². The number of carbonyl (C=O) groups is 1. The molecule has 162 valence electrons. The highest BCUT2D eigenvalue weighted by Gasteiger charge is 2.11. The third-order valence-electron chi connectivity index (χ3n) is 4.93. The van der Waals surface area contributed by atoms with Crippen LogP contribution in [0.2, 0.25) is 0 Å². The zero-order valence-electron chi connectivity index (χ0n) is 18.6. The normalized spacial score (nSPS) is 15.6. The molecule has 1 aromatic rings. The number of aryl methyl sites for hydroxylation is 1. The first-order chi connectivity index (χ1) is 14.0. The quantitative estimate of drug-likeness (QED) is 0.280. The van der Waals surface area contributed by atoms with Gasteiger partial charge >= 0.3 is 5.97 Å². The monoisotopic (exact) mass is 400 g/mol. The molecule has 0 saturated heterocycles. The molecule has 1 fully saturated rings. The van der Waals surface area contributed by atoms with Gasteiger partial charge in [0.05, 0.1) is 12.2 Å². The summed E-state index contributed by atoms with van der Waals surface area (Å²) in [6.07, 6.45) is 17.5. The number of aliphatic hydroxyl groups is 1. The van der Waals surface area contributed by atoms with Gasteiger partial charge < -0.3 is 9.84 Å². The lowest BCUT2D eigenvalue weighted by molar-refractivity contribution is -0.147. The molecule has 1 unspecified atom stereocenters. The lowest BCUT2D eigenvalue weighted by Gasteiger charge is -2.07. The molecule has 0 spiro atoms. The Morgan fingerprint density at radius 2 is 1.90 bits per heavy atom. The fourth-order valence-corrected chi connectivity index (χ4v) is 3.34. The Balaban J connectivity index is 0.000000311. The van der Waals surface area contributed by atoms with Crippen LogP contribution in [0.15, 0.2) is 54.6 Å². The van der Waals surface area contributed by atoms with Crippen molar-refractivity contribution >= 4 is 5.97 Å². The van der Waals surface area contributed by atoms with Gasteiger partial charge in [-0.3, -0.25) is 4.79 Å². The van der Waals surface area contributed by atoms with E-state index in [1.807, 2.05) is 39.0 Å². The zero-order valence-corrected chi connectivity index (χ0v) is 18.6. The number of ether oxygens (including phenoxy) is 1. The van der Waals surface area contributed by atoms with Crippen LogP contribution in [0.5, 0.6) is 0 Å². The smallest absolute Gasteiger partial charge is 0.306 e.